The molecule has 2 atom stereocenters. The van der Waals surface area contributed by atoms with Crippen LogP contribution in [0.2, 0.25) is 0 Å². The van der Waals surface area contributed by atoms with Gasteiger partial charge in [-0.3, -0.25) is 0 Å². The van der Waals surface area contributed by atoms with Crippen molar-refractivity contribution in [2.75, 3.05) is 19.5 Å². The van der Waals surface area contributed by atoms with Crippen LogP contribution in [0.15, 0.2) is 24.3 Å². The number of esters is 1. The number of benzene rings is 1. The molecule has 100 valence electrons. The first kappa shape index (κ1) is 14.5. The summed E-state index contributed by atoms with van der Waals surface area (Å²) in [5.41, 5.74) is 1.97. The van der Waals surface area contributed by atoms with Crippen LogP contribution in [-0.4, -0.2) is 26.2 Å². The third-order valence-electron chi connectivity index (χ3n) is 2.94. The van der Waals surface area contributed by atoms with E-state index in [2.05, 4.69) is 5.32 Å². The van der Waals surface area contributed by atoms with Crippen LogP contribution in [0.3, 0.4) is 0 Å². The molecule has 1 rings (SSSR count). The molecule has 1 aromatic carbocycles. The highest BCUT2D eigenvalue weighted by Crippen LogP contribution is 2.20. The maximum atomic E-state index is 11.5. The van der Waals surface area contributed by atoms with Crippen molar-refractivity contribution >= 4 is 11.7 Å². The van der Waals surface area contributed by atoms with E-state index in [4.69, 9.17) is 9.47 Å². The number of ether oxygens (including phenoxy) is 2. The van der Waals surface area contributed by atoms with Crippen LogP contribution in [0.5, 0.6) is 0 Å². The Kier molecular flexibility index (Phi) is 5.65. The van der Waals surface area contributed by atoms with Gasteiger partial charge in [0.25, 0.3) is 0 Å². The van der Waals surface area contributed by atoms with Gasteiger partial charge in [-0.05, 0) is 31.0 Å². The molecule has 0 bridgehead atoms. The zero-order valence-electron chi connectivity index (χ0n) is 11.4. The van der Waals surface area contributed by atoms with E-state index in [0.717, 1.165) is 11.3 Å². The number of hydrogen-bond acceptors (Lipinski definition) is 4. The van der Waals surface area contributed by atoms with E-state index < -0.39 is 0 Å². The summed E-state index contributed by atoms with van der Waals surface area (Å²) in [7, 11) is 3.07. The molecular formula is C14H21NO3. The average molecular weight is 251 g/mol. The smallest absolute Gasteiger partial charge is 0.328 e. The Morgan fingerprint density at radius 1 is 1.39 bits per heavy atom. The largest absolute Gasteiger partial charge is 0.467 e. The minimum Gasteiger partial charge on any atom is -0.467 e. The molecule has 0 aliphatic heterocycles. The lowest BCUT2D eigenvalue weighted by Crippen LogP contribution is -2.29. The van der Waals surface area contributed by atoms with Crippen LogP contribution in [0, 0.1) is 0 Å². The van der Waals surface area contributed by atoms with Gasteiger partial charge in [-0.15, -0.1) is 0 Å². The van der Waals surface area contributed by atoms with E-state index in [0.29, 0.717) is 6.42 Å². The van der Waals surface area contributed by atoms with Crippen LogP contribution in [-0.2, 0) is 14.3 Å². The van der Waals surface area contributed by atoms with Gasteiger partial charge in [-0.1, -0.05) is 19.1 Å². The molecule has 0 heterocycles. The Balaban J connectivity index is 2.80. The van der Waals surface area contributed by atoms with Crippen molar-refractivity contribution in [1.82, 2.24) is 0 Å². The first-order valence-electron chi connectivity index (χ1n) is 6.09. The molecule has 4 heteroatoms. The van der Waals surface area contributed by atoms with Crippen LogP contribution >= 0.6 is 0 Å². The molecule has 0 saturated heterocycles. The molecule has 1 N–H and O–H groups in total. The standard InChI is InChI=1S/C14H21NO3/c1-5-13(14(16)18-4)15-12-8-6-7-11(9-12)10(2)17-3/h6-10,13,15H,5H2,1-4H3/t10-,13-/m0/s1. The number of carbonyl (C=O) groups is 1. The quantitative estimate of drug-likeness (QED) is 0.790. The van der Waals surface area contributed by atoms with Gasteiger partial charge in [0, 0.05) is 12.8 Å². The second-order valence-corrected chi connectivity index (χ2v) is 4.13. The number of carbonyl (C=O) groups excluding carboxylic acids is 1. The predicted octanol–water partition coefficient (Wildman–Crippen LogP) is 2.76. The summed E-state index contributed by atoms with van der Waals surface area (Å²) in [6.45, 7) is 3.92. The first-order valence-corrected chi connectivity index (χ1v) is 6.09. The molecule has 0 radical (unpaired) electrons. The fourth-order valence-corrected chi connectivity index (χ4v) is 1.69. The van der Waals surface area contributed by atoms with Crippen LogP contribution < -0.4 is 5.32 Å². The van der Waals surface area contributed by atoms with Gasteiger partial charge in [0.05, 0.1) is 13.2 Å². The molecule has 0 saturated carbocycles. The SMILES string of the molecule is CC[C@H](Nc1cccc([C@H](C)OC)c1)C(=O)OC. The number of hydrogen-bond donors (Lipinski definition) is 1. The highest BCUT2D eigenvalue weighted by Gasteiger charge is 2.16. The molecule has 1 aromatic rings. The highest BCUT2D eigenvalue weighted by atomic mass is 16.5. The van der Waals surface area contributed by atoms with Crippen molar-refractivity contribution in [3.8, 4) is 0 Å². The van der Waals surface area contributed by atoms with E-state index in [1.165, 1.54) is 7.11 Å². The van der Waals surface area contributed by atoms with Crippen LogP contribution in [0.25, 0.3) is 0 Å². The van der Waals surface area contributed by atoms with E-state index in [1.807, 2.05) is 38.1 Å². The predicted molar refractivity (Wildman–Crippen MR) is 71.6 cm³/mol. The third-order valence-corrected chi connectivity index (χ3v) is 2.94. The highest BCUT2D eigenvalue weighted by molar-refractivity contribution is 5.79. The minimum absolute atomic E-state index is 0.0324. The number of anilines is 1. The fraction of sp³-hybridized carbons (Fsp3) is 0.500. The molecule has 0 amide bonds. The lowest BCUT2D eigenvalue weighted by molar-refractivity contribution is -0.141. The van der Waals surface area contributed by atoms with Crippen molar-refractivity contribution in [3.63, 3.8) is 0 Å². The molecule has 0 unspecified atom stereocenters. The fourth-order valence-electron chi connectivity index (χ4n) is 1.69. The zero-order chi connectivity index (χ0) is 13.5. The number of methoxy groups -OCH3 is 2. The van der Waals surface area contributed by atoms with E-state index in [9.17, 15) is 4.79 Å². The molecule has 0 aliphatic carbocycles. The normalized spacial score (nSPS) is 13.8. The third kappa shape index (κ3) is 3.74. The zero-order valence-corrected chi connectivity index (χ0v) is 11.4. The number of nitrogens with one attached hydrogen (secondary N) is 1. The molecule has 18 heavy (non-hydrogen) atoms. The maximum absolute atomic E-state index is 11.5. The number of rotatable bonds is 6. The summed E-state index contributed by atoms with van der Waals surface area (Å²) in [5, 5.41) is 3.17. The second kappa shape index (κ2) is 7.01. The Bertz CT molecular complexity index is 392. The monoisotopic (exact) mass is 251 g/mol. The van der Waals surface area contributed by atoms with Crippen molar-refractivity contribution in [3.05, 3.63) is 29.8 Å². The van der Waals surface area contributed by atoms with Gasteiger partial charge in [0.15, 0.2) is 0 Å². The van der Waals surface area contributed by atoms with Crippen molar-refractivity contribution in [1.29, 1.82) is 0 Å². The molecule has 0 aliphatic rings. The Hall–Kier alpha value is -1.55. The van der Waals surface area contributed by atoms with Gasteiger partial charge in [0.1, 0.15) is 6.04 Å². The lowest BCUT2D eigenvalue weighted by atomic mass is 10.1. The average Bonchev–Trinajstić information content (AvgIpc) is 2.43. The summed E-state index contributed by atoms with van der Waals surface area (Å²) in [4.78, 5) is 11.5. The topological polar surface area (TPSA) is 47.6 Å². The van der Waals surface area contributed by atoms with Crippen molar-refractivity contribution in [2.24, 2.45) is 0 Å². The van der Waals surface area contributed by atoms with Crippen molar-refractivity contribution < 1.29 is 14.3 Å². The molecule has 0 aromatic heterocycles. The van der Waals surface area contributed by atoms with Gasteiger partial charge in [0.2, 0.25) is 0 Å². The Morgan fingerprint density at radius 3 is 2.67 bits per heavy atom. The second-order valence-electron chi connectivity index (χ2n) is 4.13. The summed E-state index contributed by atoms with van der Waals surface area (Å²) in [5.74, 6) is -0.248. The van der Waals surface area contributed by atoms with Gasteiger partial charge >= 0.3 is 5.97 Å². The molecule has 0 fully saturated rings. The van der Waals surface area contributed by atoms with E-state index >= 15 is 0 Å². The van der Waals surface area contributed by atoms with Gasteiger partial charge in [-0.2, -0.15) is 0 Å². The minimum atomic E-state index is -0.317. The summed E-state index contributed by atoms with van der Waals surface area (Å²) < 4.78 is 10.0. The van der Waals surface area contributed by atoms with Crippen LogP contribution in [0.1, 0.15) is 31.9 Å². The van der Waals surface area contributed by atoms with Gasteiger partial charge in [-0.25, -0.2) is 4.79 Å². The van der Waals surface area contributed by atoms with Crippen LogP contribution in [0.4, 0.5) is 5.69 Å². The van der Waals surface area contributed by atoms with Crippen molar-refractivity contribution in [2.45, 2.75) is 32.4 Å². The first-order chi connectivity index (χ1) is 8.62. The van der Waals surface area contributed by atoms with Gasteiger partial charge < -0.3 is 14.8 Å². The maximum Gasteiger partial charge on any atom is 0.328 e. The Morgan fingerprint density at radius 2 is 2.11 bits per heavy atom. The lowest BCUT2D eigenvalue weighted by Gasteiger charge is -2.17. The molecular weight excluding hydrogens is 230 g/mol. The Labute approximate surface area is 108 Å². The summed E-state index contributed by atoms with van der Waals surface area (Å²) in [6, 6.07) is 7.54. The summed E-state index contributed by atoms with van der Waals surface area (Å²) >= 11 is 0. The van der Waals surface area contributed by atoms with E-state index in [1.54, 1.807) is 7.11 Å². The summed E-state index contributed by atoms with van der Waals surface area (Å²) in [6.07, 6.45) is 0.710. The molecule has 0 spiro atoms. The molecule has 4 nitrogen and oxygen atoms in total. The van der Waals surface area contributed by atoms with E-state index in [-0.39, 0.29) is 18.1 Å².